The molecule has 0 spiro atoms. The lowest BCUT2D eigenvalue weighted by Crippen LogP contribution is -2.18. The van der Waals surface area contributed by atoms with Crippen LogP contribution in [-0.2, 0) is 6.54 Å². The molecule has 1 heterocycles. The number of hydrogen-bond acceptors (Lipinski definition) is 3. The molecule has 0 saturated heterocycles. The zero-order valence-corrected chi connectivity index (χ0v) is 12.0. The molecule has 1 aromatic carbocycles. The second-order valence-corrected chi connectivity index (χ2v) is 5.63. The highest BCUT2D eigenvalue weighted by atomic mass is 32.1. The van der Waals surface area contributed by atoms with E-state index in [4.69, 9.17) is 0 Å². The summed E-state index contributed by atoms with van der Waals surface area (Å²) in [6.45, 7) is 7.48. The molecule has 1 N–H and O–H groups in total. The van der Waals surface area contributed by atoms with Crippen molar-refractivity contribution in [3.8, 4) is 0 Å². The summed E-state index contributed by atoms with van der Waals surface area (Å²) < 4.78 is 0. The maximum atomic E-state index is 4.32. The number of rotatable bonds is 5. The van der Waals surface area contributed by atoms with Crippen molar-refractivity contribution >= 4 is 11.3 Å². The lowest BCUT2D eigenvalue weighted by atomic mass is 10.0. The quantitative estimate of drug-likeness (QED) is 0.875. The number of thiazole rings is 1. The SMILES string of the molecule is CC(C)c1ccc(CNC(C)c2cscn2)cc1. The molecule has 1 unspecified atom stereocenters. The van der Waals surface area contributed by atoms with E-state index >= 15 is 0 Å². The number of nitrogens with zero attached hydrogens (tertiary/aromatic N) is 1. The van der Waals surface area contributed by atoms with E-state index in [9.17, 15) is 0 Å². The van der Waals surface area contributed by atoms with Gasteiger partial charge in [0, 0.05) is 18.0 Å². The lowest BCUT2D eigenvalue weighted by Gasteiger charge is -2.12. The highest BCUT2D eigenvalue weighted by Crippen LogP contribution is 2.16. The van der Waals surface area contributed by atoms with Crippen LogP contribution in [0.25, 0.3) is 0 Å². The fourth-order valence-corrected chi connectivity index (χ4v) is 2.48. The van der Waals surface area contributed by atoms with Gasteiger partial charge in [-0.2, -0.15) is 0 Å². The Morgan fingerprint density at radius 2 is 1.89 bits per heavy atom. The first-order valence-corrected chi connectivity index (χ1v) is 7.31. The van der Waals surface area contributed by atoms with Crippen molar-refractivity contribution in [3.63, 3.8) is 0 Å². The van der Waals surface area contributed by atoms with Crippen LogP contribution in [0.3, 0.4) is 0 Å². The maximum absolute atomic E-state index is 4.32. The summed E-state index contributed by atoms with van der Waals surface area (Å²) in [4.78, 5) is 4.32. The summed E-state index contributed by atoms with van der Waals surface area (Å²) in [5, 5.41) is 5.59. The molecule has 0 amide bonds. The van der Waals surface area contributed by atoms with Gasteiger partial charge in [0.05, 0.1) is 11.2 Å². The van der Waals surface area contributed by atoms with Crippen molar-refractivity contribution in [2.24, 2.45) is 0 Å². The van der Waals surface area contributed by atoms with Crippen LogP contribution in [0.1, 0.15) is 49.6 Å². The second-order valence-electron chi connectivity index (χ2n) is 4.91. The monoisotopic (exact) mass is 260 g/mol. The van der Waals surface area contributed by atoms with Crippen LogP contribution in [-0.4, -0.2) is 4.98 Å². The zero-order valence-electron chi connectivity index (χ0n) is 11.2. The van der Waals surface area contributed by atoms with Gasteiger partial charge in [0.25, 0.3) is 0 Å². The van der Waals surface area contributed by atoms with Gasteiger partial charge in [-0.1, -0.05) is 38.1 Å². The second kappa shape index (κ2) is 6.12. The largest absolute Gasteiger partial charge is 0.305 e. The van der Waals surface area contributed by atoms with Gasteiger partial charge in [-0.3, -0.25) is 0 Å². The van der Waals surface area contributed by atoms with E-state index in [1.54, 1.807) is 11.3 Å². The summed E-state index contributed by atoms with van der Waals surface area (Å²) in [6.07, 6.45) is 0. The molecular weight excluding hydrogens is 240 g/mol. The molecule has 2 rings (SSSR count). The van der Waals surface area contributed by atoms with Crippen LogP contribution in [0.2, 0.25) is 0 Å². The molecule has 3 heteroatoms. The Hall–Kier alpha value is -1.19. The zero-order chi connectivity index (χ0) is 13.0. The van der Waals surface area contributed by atoms with Crippen molar-refractivity contribution in [1.29, 1.82) is 0 Å². The minimum Gasteiger partial charge on any atom is -0.305 e. The van der Waals surface area contributed by atoms with Crippen molar-refractivity contribution < 1.29 is 0 Å². The highest BCUT2D eigenvalue weighted by Gasteiger charge is 2.06. The van der Waals surface area contributed by atoms with Gasteiger partial charge in [-0.15, -0.1) is 11.3 Å². The van der Waals surface area contributed by atoms with Gasteiger partial charge in [-0.25, -0.2) is 4.98 Å². The van der Waals surface area contributed by atoms with Gasteiger partial charge < -0.3 is 5.32 Å². The molecule has 0 aliphatic rings. The number of hydrogen-bond donors (Lipinski definition) is 1. The third kappa shape index (κ3) is 3.40. The van der Waals surface area contributed by atoms with Crippen molar-refractivity contribution in [2.45, 2.75) is 39.3 Å². The average Bonchev–Trinajstić information content (AvgIpc) is 2.90. The van der Waals surface area contributed by atoms with Crippen LogP contribution >= 0.6 is 11.3 Å². The van der Waals surface area contributed by atoms with Gasteiger partial charge in [0.15, 0.2) is 0 Å². The molecule has 18 heavy (non-hydrogen) atoms. The van der Waals surface area contributed by atoms with E-state index < -0.39 is 0 Å². The Morgan fingerprint density at radius 1 is 1.17 bits per heavy atom. The molecule has 2 nitrogen and oxygen atoms in total. The van der Waals surface area contributed by atoms with Crippen molar-refractivity contribution in [1.82, 2.24) is 10.3 Å². The molecule has 0 radical (unpaired) electrons. The van der Waals surface area contributed by atoms with Crippen molar-refractivity contribution in [2.75, 3.05) is 0 Å². The Balaban J connectivity index is 1.90. The van der Waals surface area contributed by atoms with Crippen LogP contribution in [0.4, 0.5) is 0 Å². The summed E-state index contributed by atoms with van der Waals surface area (Å²) >= 11 is 1.64. The lowest BCUT2D eigenvalue weighted by molar-refractivity contribution is 0.564. The summed E-state index contributed by atoms with van der Waals surface area (Å²) in [7, 11) is 0. The van der Waals surface area contributed by atoms with Gasteiger partial charge >= 0.3 is 0 Å². The molecule has 1 atom stereocenters. The van der Waals surface area contributed by atoms with E-state index in [2.05, 4.69) is 60.7 Å². The highest BCUT2D eigenvalue weighted by molar-refractivity contribution is 7.07. The molecule has 0 bridgehead atoms. The van der Waals surface area contributed by atoms with E-state index in [0.717, 1.165) is 12.2 Å². The smallest absolute Gasteiger partial charge is 0.0795 e. The molecule has 1 aromatic heterocycles. The average molecular weight is 260 g/mol. The van der Waals surface area contributed by atoms with Crippen molar-refractivity contribution in [3.05, 3.63) is 52.0 Å². The molecule has 0 aliphatic heterocycles. The number of benzene rings is 1. The predicted molar refractivity (Wildman–Crippen MR) is 77.9 cm³/mol. The Morgan fingerprint density at radius 3 is 2.44 bits per heavy atom. The fraction of sp³-hybridized carbons (Fsp3) is 0.400. The van der Waals surface area contributed by atoms with Crippen LogP contribution in [0.5, 0.6) is 0 Å². The number of aromatic nitrogens is 1. The third-order valence-corrected chi connectivity index (χ3v) is 3.76. The Bertz CT molecular complexity index is 460. The normalized spacial score (nSPS) is 12.9. The first-order chi connectivity index (χ1) is 8.66. The molecule has 0 saturated carbocycles. The molecule has 0 aliphatic carbocycles. The van der Waals surface area contributed by atoms with E-state index in [1.165, 1.54) is 11.1 Å². The molecule has 96 valence electrons. The Labute approximate surface area is 113 Å². The maximum Gasteiger partial charge on any atom is 0.0795 e. The van der Waals surface area contributed by atoms with Crippen LogP contribution < -0.4 is 5.32 Å². The third-order valence-electron chi connectivity index (χ3n) is 3.15. The van der Waals surface area contributed by atoms with Crippen LogP contribution in [0, 0.1) is 0 Å². The molecule has 2 aromatic rings. The summed E-state index contributed by atoms with van der Waals surface area (Å²) in [5.74, 6) is 0.598. The standard InChI is InChI=1S/C15H20N2S/c1-11(2)14-6-4-13(5-7-14)8-16-12(3)15-9-18-10-17-15/h4-7,9-12,16H,8H2,1-3H3. The number of nitrogens with one attached hydrogen (secondary N) is 1. The first kappa shape index (κ1) is 13.2. The minimum absolute atomic E-state index is 0.307. The molecular formula is C15H20N2S. The predicted octanol–water partition coefficient (Wildman–Crippen LogP) is 4.12. The summed E-state index contributed by atoms with van der Waals surface area (Å²) in [5.41, 5.74) is 5.72. The summed E-state index contributed by atoms with van der Waals surface area (Å²) in [6, 6.07) is 9.15. The van der Waals surface area contributed by atoms with Crippen LogP contribution in [0.15, 0.2) is 35.2 Å². The topological polar surface area (TPSA) is 24.9 Å². The van der Waals surface area contributed by atoms with Gasteiger partial charge in [-0.05, 0) is 24.0 Å². The fourth-order valence-electron chi connectivity index (χ4n) is 1.83. The van der Waals surface area contributed by atoms with Gasteiger partial charge in [0.2, 0.25) is 0 Å². The van der Waals surface area contributed by atoms with E-state index in [-0.39, 0.29) is 0 Å². The Kier molecular flexibility index (Phi) is 4.50. The van der Waals surface area contributed by atoms with Gasteiger partial charge in [0.1, 0.15) is 0 Å². The van der Waals surface area contributed by atoms with E-state index in [1.807, 2.05) is 5.51 Å². The minimum atomic E-state index is 0.307. The first-order valence-electron chi connectivity index (χ1n) is 6.37. The molecule has 0 fully saturated rings. The van der Waals surface area contributed by atoms with E-state index in [0.29, 0.717) is 12.0 Å².